The molecule has 0 aromatic heterocycles. The summed E-state index contributed by atoms with van der Waals surface area (Å²) in [5.74, 6) is 0. The Morgan fingerprint density at radius 2 is 2.09 bits per heavy atom. The molecule has 0 aliphatic carbocycles. The molecule has 1 heterocycles. The number of amides is 2. The number of nitrogens with zero attached hydrogens (tertiary/aromatic N) is 2. The molecule has 0 spiro atoms. The van der Waals surface area contributed by atoms with E-state index in [-0.39, 0.29) is 46.2 Å². The van der Waals surface area contributed by atoms with E-state index >= 15 is 0 Å². The van der Waals surface area contributed by atoms with E-state index in [4.69, 9.17) is 0 Å². The topological polar surface area (TPSA) is 23.6 Å². The molecule has 0 aromatic carbocycles. The monoisotopic (exact) mass is 231 g/mol. The van der Waals surface area contributed by atoms with Crippen LogP contribution in [0.25, 0.3) is 0 Å². The molecule has 1 aliphatic heterocycles. The van der Waals surface area contributed by atoms with Gasteiger partial charge in [-0.15, -0.1) is 6.54 Å². The number of hydrogen-bond donors (Lipinski definition) is 0. The summed E-state index contributed by atoms with van der Waals surface area (Å²) in [7, 11) is 1.80. The third-order valence-corrected chi connectivity index (χ3v) is 1.57. The third-order valence-electron chi connectivity index (χ3n) is 1.57. The molecule has 4 heteroatoms. The van der Waals surface area contributed by atoms with Crippen molar-refractivity contribution in [1.29, 1.82) is 0 Å². The predicted octanol–water partition coefficient (Wildman–Crippen LogP) is 0.636. The summed E-state index contributed by atoms with van der Waals surface area (Å²) < 4.78 is 0. The minimum Gasteiger partial charge on any atom is -0.358 e. The van der Waals surface area contributed by atoms with E-state index < -0.39 is 0 Å². The first-order valence-corrected chi connectivity index (χ1v) is 3.05. The van der Waals surface area contributed by atoms with Gasteiger partial charge in [-0.05, 0) is 0 Å². The largest absolute Gasteiger partial charge is 0.358 e. The van der Waals surface area contributed by atoms with Crippen LogP contribution in [-0.4, -0.2) is 42.5 Å². The molecule has 0 bridgehead atoms. The van der Waals surface area contributed by atoms with Crippen LogP contribution in [0.3, 0.4) is 0 Å². The zero-order valence-electron chi connectivity index (χ0n) is 7.21. The third kappa shape index (κ3) is 3.08. The summed E-state index contributed by atoms with van der Waals surface area (Å²) in [6, 6.07) is 0.102. The summed E-state index contributed by atoms with van der Waals surface area (Å²) in [6.45, 7) is 5.89. The van der Waals surface area contributed by atoms with Gasteiger partial charge in [0.25, 0.3) is 0 Å². The number of hydrogen-bond acceptors (Lipinski definition) is 1. The van der Waals surface area contributed by atoms with E-state index in [0.29, 0.717) is 6.54 Å². The fourth-order valence-electron chi connectivity index (χ4n) is 0.911. The maximum Gasteiger partial charge on any atom is 0.317 e. The second-order valence-electron chi connectivity index (χ2n) is 2.19. The first kappa shape index (κ1) is 13.9. The van der Waals surface area contributed by atoms with Crippen molar-refractivity contribution in [2.24, 2.45) is 0 Å². The summed E-state index contributed by atoms with van der Waals surface area (Å²) >= 11 is 0. The second kappa shape index (κ2) is 5.95. The normalized spacial score (nSPS) is 16.0. The molecule has 2 amide bonds. The van der Waals surface area contributed by atoms with Crippen molar-refractivity contribution in [3.05, 3.63) is 14.4 Å². The number of rotatable bonds is 1. The molecule has 1 aliphatic rings. The Bertz CT molecular complexity index is 130. The summed E-state index contributed by atoms with van der Waals surface area (Å²) in [5, 5.41) is 0. The van der Waals surface area contributed by atoms with Gasteiger partial charge >= 0.3 is 6.03 Å². The summed E-state index contributed by atoms with van der Waals surface area (Å²) in [5.41, 5.74) is 0. The van der Waals surface area contributed by atoms with Crippen LogP contribution < -0.4 is 0 Å². The maximum absolute atomic E-state index is 10.9. The van der Waals surface area contributed by atoms with Crippen LogP contribution >= 0.6 is 0 Å². The molecule has 0 N–H and O–H groups in total. The summed E-state index contributed by atoms with van der Waals surface area (Å²) in [4.78, 5) is 14.4. The Balaban J connectivity index is 0. The van der Waals surface area contributed by atoms with Crippen LogP contribution in [-0.2, 0) is 32.7 Å². The van der Waals surface area contributed by atoms with E-state index in [0.717, 1.165) is 13.1 Å². The first-order chi connectivity index (χ1) is 4.25. The van der Waals surface area contributed by atoms with Crippen LogP contribution in [0.1, 0.15) is 0 Å². The van der Waals surface area contributed by atoms with Gasteiger partial charge in [-0.3, -0.25) is 0 Å². The Labute approximate surface area is 94.0 Å². The standard InChI is InChI=1S/C6H11N2O.CH3.Y/c1-3-8-5-4-7(2)6(8)9;;/h1,3-5H2,2H3;1H3;/q2*-1;. The van der Waals surface area contributed by atoms with Gasteiger partial charge in [0, 0.05) is 52.8 Å². The Morgan fingerprint density at radius 3 is 2.27 bits per heavy atom. The second-order valence-corrected chi connectivity index (χ2v) is 2.19. The van der Waals surface area contributed by atoms with Gasteiger partial charge in [0.2, 0.25) is 0 Å². The molecule has 1 rings (SSSR count). The van der Waals surface area contributed by atoms with Crippen molar-refractivity contribution in [3.8, 4) is 0 Å². The molecule has 3 nitrogen and oxygen atoms in total. The smallest absolute Gasteiger partial charge is 0.317 e. The van der Waals surface area contributed by atoms with Crippen molar-refractivity contribution < 1.29 is 37.5 Å². The van der Waals surface area contributed by atoms with Crippen molar-refractivity contribution in [3.63, 3.8) is 0 Å². The Hall–Kier alpha value is 0.374. The van der Waals surface area contributed by atoms with Crippen LogP contribution in [0.4, 0.5) is 4.79 Å². The minimum absolute atomic E-state index is 0. The zero-order valence-corrected chi connectivity index (χ0v) is 10.0. The minimum atomic E-state index is 0. The molecular formula is C7H14N2OY-2. The van der Waals surface area contributed by atoms with Gasteiger partial charge in [0.1, 0.15) is 0 Å². The van der Waals surface area contributed by atoms with E-state index in [9.17, 15) is 4.79 Å². The van der Waals surface area contributed by atoms with Crippen molar-refractivity contribution >= 4 is 6.03 Å². The Kier molecular flexibility index (Phi) is 7.54. The quantitative estimate of drug-likeness (QED) is 0.607. The fraction of sp³-hybridized carbons (Fsp3) is 0.571. The molecule has 1 saturated heterocycles. The summed E-state index contributed by atoms with van der Waals surface area (Å²) in [6.07, 6.45) is 0. The van der Waals surface area contributed by atoms with E-state index in [2.05, 4.69) is 6.92 Å². The van der Waals surface area contributed by atoms with E-state index in [1.165, 1.54) is 0 Å². The molecule has 0 atom stereocenters. The van der Waals surface area contributed by atoms with Gasteiger partial charge < -0.3 is 24.2 Å². The molecule has 63 valence electrons. The number of carbonyl (C=O) groups excluding carboxylic acids is 1. The molecule has 0 unspecified atom stereocenters. The van der Waals surface area contributed by atoms with Crippen LogP contribution in [0.5, 0.6) is 0 Å². The van der Waals surface area contributed by atoms with E-state index in [1.807, 2.05) is 0 Å². The number of carbonyl (C=O) groups is 1. The first-order valence-electron chi connectivity index (χ1n) is 3.05. The number of likely N-dealkylation sites (N-methyl/N-ethyl adjacent to an activating group) is 1. The molecule has 0 saturated carbocycles. The van der Waals surface area contributed by atoms with Crippen LogP contribution in [0.2, 0.25) is 0 Å². The number of urea groups is 1. The molecule has 1 radical (unpaired) electrons. The molecule has 1 fully saturated rings. The average Bonchev–Trinajstić information content (AvgIpc) is 2.15. The van der Waals surface area contributed by atoms with Gasteiger partial charge in [0.15, 0.2) is 0 Å². The van der Waals surface area contributed by atoms with E-state index in [1.54, 1.807) is 16.8 Å². The average molecular weight is 231 g/mol. The van der Waals surface area contributed by atoms with Crippen LogP contribution in [0.15, 0.2) is 0 Å². The molecule has 0 aromatic rings. The van der Waals surface area contributed by atoms with Crippen molar-refractivity contribution in [2.75, 3.05) is 26.7 Å². The predicted molar refractivity (Wildman–Crippen MR) is 41.4 cm³/mol. The van der Waals surface area contributed by atoms with Gasteiger partial charge in [0.05, 0.1) is 0 Å². The molecular weight excluding hydrogens is 217 g/mol. The Morgan fingerprint density at radius 1 is 1.55 bits per heavy atom. The van der Waals surface area contributed by atoms with Crippen molar-refractivity contribution in [2.45, 2.75) is 0 Å². The SMILES string of the molecule is [CH2-]CN1CCN(C)C1=O.[CH3-].[Y]. The van der Waals surface area contributed by atoms with Crippen LogP contribution in [0, 0.1) is 14.4 Å². The van der Waals surface area contributed by atoms with Gasteiger partial charge in [-0.1, -0.05) is 0 Å². The fourth-order valence-corrected chi connectivity index (χ4v) is 0.911. The van der Waals surface area contributed by atoms with Gasteiger partial charge in [-0.2, -0.15) is 0 Å². The maximum atomic E-state index is 10.9. The molecule has 11 heavy (non-hydrogen) atoms. The zero-order chi connectivity index (χ0) is 6.85. The van der Waals surface area contributed by atoms with Gasteiger partial charge in [-0.25, -0.2) is 4.79 Å². The van der Waals surface area contributed by atoms with Crippen molar-refractivity contribution in [1.82, 2.24) is 9.80 Å².